The molecular formula is C30H24FN5O4S2. The van der Waals surface area contributed by atoms with Crippen molar-refractivity contribution in [2.24, 2.45) is 0 Å². The number of ether oxygens (including phenoxy) is 1. The molecule has 0 aliphatic carbocycles. The van der Waals surface area contributed by atoms with Crippen molar-refractivity contribution in [3.05, 3.63) is 106 Å². The number of aliphatic hydroxyl groups excluding tert-OH is 1. The topological polar surface area (TPSA) is 110 Å². The summed E-state index contributed by atoms with van der Waals surface area (Å²) < 4.78 is 21.1. The quantitative estimate of drug-likeness (QED) is 0.0811. The highest BCUT2D eigenvalue weighted by Crippen LogP contribution is 2.44. The van der Waals surface area contributed by atoms with Crippen LogP contribution >= 0.6 is 23.1 Å². The van der Waals surface area contributed by atoms with E-state index >= 15 is 0 Å². The van der Waals surface area contributed by atoms with Crippen molar-refractivity contribution in [3.63, 3.8) is 0 Å². The fourth-order valence-electron chi connectivity index (χ4n) is 4.91. The van der Waals surface area contributed by atoms with Crippen LogP contribution in [0.3, 0.4) is 0 Å². The molecule has 1 unspecified atom stereocenters. The van der Waals surface area contributed by atoms with Crippen LogP contribution < -0.4 is 9.64 Å². The lowest BCUT2D eigenvalue weighted by Gasteiger charge is -2.22. The summed E-state index contributed by atoms with van der Waals surface area (Å²) in [5, 5.41) is 20.3. The highest BCUT2D eigenvalue weighted by Gasteiger charge is 2.49. The van der Waals surface area contributed by atoms with E-state index in [2.05, 4.69) is 15.2 Å². The van der Waals surface area contributed by atoms with E-state index in [0.717, 1.165) is 22.5 Å². The van der Waals surface area contributed by atoms with Gasteiger partial charge in [-0.15, -0.1) is 10.2 Å². The highest BCUT2D eigenvalue weighted by atomic mass is 32.2. The SMILES string of the molecule is COc1cccc(C2C(=C(O)c3nc4c(C)cccn4c3C)C(=O)C(=O)N2c2nnc(SCc3ccc(F)cc3)s2)c1. The number of aryl methyl sites for hydroxylation is 2. The molecule has 0 saturated carbocycles. The first-order chi connectivity index (χ1) is 20.3. The molecule has 1 aliphatic heterocycles. The minimum absolute atomic E-state index is 0.104. The lowest BCUT2D eigenvalue weighted by atomic mass is 9.96. The van der Waals surface area contributed by atoms with E-state index in [1.54, 1.807) is 43.3 Å². The smallest absolute Gasteiger partial charge is 0.301 e. The van der Waals surface area contributed by atoms with Crippen LogP contribution in [0.2, 0.25) is 0 Å². The van der Waals surface area contributed by atoms with E-state index in [0.29, 0.717) is 32.7 Å². The van der Waals surface area contributed by atoms with Gasteiger partial charge < -0.3 is 14.2 Å². The maximum Gasteiger partial charge on any atom is 0.301 e. The second kappa shape index (κ2) is 11.0. The molecule has 4 heterocycles. The Kier molecular flexibility index (Phi) is 7.25. The summed E-state index contributed by atoms with van der Waals surface area (Å²) >= 11 is 2.53. The Morgan fingerprint density at radius 1 is 1.10 bits per heavy atom. The van der Waals surface area contributed by atoms with Gasteiger partial charge in [0, 0.05) is 11.9 Å². The minimum Gasteiger partial charge on any atom is -0.505 e. The number of anilines is 1. The predicted octanol–water partition coefficient (Wildman–Crippen LogP) is 5.87. The number of nitrogens with zero attached hydrogens (tertiary/aromatic N) is 5. The third kappa shape index (κ3) is 4.82. The molecule has 212 valence electrons. The maximum atomic E-state index is 13.6. The lowest BCUT2D eigenvalue weighted by molar-refractivity contribution is -0.132. The number of amides is 1. The number of halogens is 1. The molecule has 12 heteroatoms. The van der Waals surface area contributed by atoms with Gasteiger partial charge >= 0.3 is 5.91 Å². The van der Waals surface area contributed by atoms with Gasteiger partial charge in [0.2, 0.25) is 5.13 Å². The Morgan fingerprint density at radius 2 is 1.88 bits per heavy atom. The number of fused-ring (bicyclic) bond motifs is 1. The van der Waals surface area contributed by atoms with Gasteiger partial charge in [-0.1, -0.05) is 53.4 Å². The van der Waals surface area contributed by atoms with E-state index in [1.807, 2.05) is 29.7 Å². The number of aromatic nitrogens is 4. The summed E-state index contributed by atoms with van der Waals surface area (Å²) in [5.41, 5.74) is 3.70. The van der Waals surface area contributed by atoms with Crippen molar-refractivity contribution in [2.75, 3.05) is 12.0 Å². The standard InChI is InChI=1S/C30H24FN5O4S2/c1-16-6-5-13-35-17(2)23(32-27(16)35)25(37)22-24(19-7-4-8-21(14-19)40-3)36(28(39)26(22)38)29-33-34-30(42-29)41-15-18-9-11-20(31)12-10-18/h4-14,24,37H,15H2,1-3H3. The van der Waals surface area contributed by atoms with Crippen LogP contribution in [0.15, 0.2) is 76.8 Å². The summed E-state index contributed by atoms with van der Waals surface area (Å²) in [6.07, 6.45) is 1.83. The number of hydrogen-bond donors (Lipinski definition) is 1. The zero-order chi connectivity index (χ0) is 29.5. The number of ketones is 1. The van der Waals surface area contributed by atoms with Gasteiger partial charge in [-0.2, -0.15) is 0 Å². The Bertz CT molecular complexity index is 1880. The number of thioether (sulfide) groups is 1. The normalized spacial score (nSPS) is 16.5. The van der Waals surface area contributed by atoms with Crippen molar-refractivity contribution >= 4 is 51.3 Å². The zero-order valence-electron chi connectivity index (χ0n) is 22.7. The fraction of sp³-hybridized carbons (Fsp3) is 0.167. The molecule has 1 N–H and O–H groups in total. The molecule has 1 saturated heterocycles. The average Bonchev–Trinajstić information content (AvgIpc) is 3.68. The van der Waals surface area contributed by atoms with E-state index in [1.165, 1.54) is 35.9 Å². The fourth-order valence-corrected chi connectivity index (χ4v) is 6.74. The Balaban J connectivity index is 1.44. The van der Waals surface area contributed by atoms with E-state index in [9.17, 15) is 19.1 Å². The number of Topliss-reactive ketones (excluding diaryl/α,β-unsaturated/α-hetero) is 1. The molecule has 2 aromatic carbocycles. The van der Waals surface area contributed by atoms with Gasteiger partial charge in [0.15, 0.2) is 10.1 Å². The van der Waals surface area contributed by atoms with Crippen molar-refractivity contribution in [1.29, 1.82) is 0 Å². The summed E-state index contributed by atoms with van der Waals surface area (Å²) in [7, 11) is 1.52. The predicted molar refractivity (Wildman–Crippen MR) is 158 cm³/mol. The molecule has 42 heavy (non-hydrogen) atoms. The third-order valence-corrected chi connectivity index (χ3v) is 9.17. The van der Waals surface area contributed by atoms with Gasteiger partial charge in [0.25, 0.3) is 5.78 Å². The molecule has 1 amide bonds. The number of rotatable bonds is 7. The lowest BCUT2D eigenvalue weighted by Crippen LogP contribution is -2.29. The molecular weight excluding hydrogens is 577 g/mol. The van der Waals surface area contributed by atoms with Crippen LogP contribution in [0.25, 0.3) is 11.4 Å². The van der Waals surface area contributed by atoms with Crippen molar-refractivity contribution < 1.29 is 23.8 Å². The molecule has 3 aromatic heterocycles. The number of methoxy groups -OCH3 is 1. The number of pyridine rings is 1. The molecule has 1 fully saturated rings. The van der Waals surface area contributed by atoms with Crippen molar-refractivity contribution in [1.82, 2.24) is 19.6 Å². The summed E-state index contributed by atoms with van der Waals surface area (Å²) in [6, 6.07) is 15.9. The molecule has 0 bridgehead atoms. The van der Waals surface area contributed by atoms with Gasteiger partial charge in [0.1, 0.15) is 22.9 Å². The number of carbonyl (C=O) groups is 2. The van der Waals surface area contributed by atoms with Gasteiger partial charge in [-0.05, 0) is 60.9 Å². The second-order valence-electron chi connectivity index (χ2n) is 9.64. The van der Waals surface area contributed by atoms with E-state index in [-0.39, 0.29) is 28.0 Å². The van der Waals surface area contributed by atoms with E-state index in [4.69, 9.17) is 4.74 Å². The van der Waals surface area contributed by atoms with Crippen LogP contribution in [0.4, 0.5) is 9.52 Å². The van der Waals surface area contributed by atoms with Crippen LogP contribution in [-0.2, 0) is 15.3 Å². The molecule has 1 aliphatic rings. The molecule has 0 spiro atoms. The average molecular weight is 602 g/mol. The molecule has 0 radical (unpaired) electrons. The first kappa shape index (κ1) is 27.6. The van der Waals surface area contributed by atoms with Gasteiger partial charge in [-0.3, -0.25) is 14.5 Å². The Labute approximate surface area is 248 Å². The van der Waals surface area contributed by atoms with Crippen molar-refractivity contribution in [3.8, 4) is 5.75 Å². The summed E-state index contributed by atoms with van der Waals surface area (Å²) in [6.45, 7) is 3.70. The minimum atomic E-state index is -1.01. The molecule has 9 nitrogen and oxygen atoms in total. The van der Waals surface area contributed by atoms with Crippen LogP contribution in [-0.4, -0.2) is 43.5 Å². The van der Waals surface area contributed by atoms with Crippen LogP contribution in [0, 0.1) is 19.7 Å². The summed E-state index contributed by atoms with van der Waals surface area (Å²) in [4.78, 5) is 33.1. The van der Waals surface area contributed by atoms with Crippen LogP contribution in [0.5, 0.6) is 5.75 Å². The second-order valence-corrected chi connectivity index (χ2v) is 11.8. The van der Waals surface area contributed by atoms with Crippen molar-refractivity contribution in [2.45, 2.75) is 30.0 Å². The highest BCUT2D eigenvalue weighted by molar-refractivity contribution is 8.00. The first-order valence-corrected chi connectivity index (χ1v) is 14.7. The Morgan fingerprint density at radius 3 is 2.62 bits per heavy atom. The zero-order valence-corrected chi connectivity index (χ0v) is 24.4. The number of hydrogen-bond acceptors (Lipinski definition) is 9. The first-order valence-electron chi connectivity index (χ1n) is 12.9. The number of benzene rings is 2. The number of carbonyl (C=O) groups excluding carboxylic acids is 2. The van der Waals surface area contributed by atoms with Crippen LogP contribution in [0.1, 0.15) is 34.1 Å². The third-order valence-electron chi connectivity index (χ3n) is 7.04. The summed E-state index contributed by atoms with van der Waals surface area (Å²) in [5.74, 6) is -1.36. The maximum absolute atomic E-state index is 13.6. The Hall–Kier alpha value is -4.55. The largest absolute Gasteiger partial charge is 0.505 e. The monoisotopic (exact) mass is 601 g/mol. The number of aliphatic hydroxyl groups is 1. The number of imidazole rings is 1. The molecule has 6 rings (SSSR count). The van der Waals surface area contributed by atoms with Gasteiger partial charge in [0.05, 0.1) is 24.4 Å². The molecule has 1 atom stereocenters. The van der Waals surface area contributed by atoms with Gasteiger partial charge in [-0.25, -0.2) is 9.37 Å². The molecule has 5 aromatic rings. The van der Waals surface area contributed by atoms with E-state index < -0.39 is 17.7 Å².